The van der Waals surface area contributed by atoms with Crippen LogP contribution >= 0.6 is 11.3 Å². The van der Waals surface area contributed by atoms with Crippen molar-refractivity contribution in [1.29, 1.82) is 0 Å². The first kappa shape index (κ1) is 15.1. The SMILES string of the molecule is Cc1occc1CN(C)c1nc(CNC(C)(C)C)cs1. The second-order valence-corrected chi connectivity index (χ2v) is 6.92. The molecule has 0 spiro atoms. The van der Waals surface area contributed by atoms with Crippen LogP contribution in [0, 0.1) is 6.92 Å². The minimum absolute atomic E-state index is 0.115. The fourth-order valence-electron chi connectivity index (χ4n) is 1.81. The lowest BCUT2D eigenvalue weighted by Crippen LogP contribution is -2.35. The van der Waals surface area contributed by atoms with Gasteiger partial charge in [0.05, 0.1) is 12.0 Å². The van der Waals surface area contributed by atoms with Gasteiger partial charge in [0.2, 0.25) is 0 Å². The van der Waals surface area contributed by atoms with Crippen molar-refractivity contribution >= 4 is 16.5 Å². The van der Waals surface area contributed by atoms with Crippen molar-refractivity contribution in [2.75, 3.05) is 11.9 Å². The van der Waals surface area contributed by atoms with E-state index in [4.69, 9.17) is 4.42 Å². The van der Waals surface area contributed by atoms with E-state index in [0.717, 1.165) is 29.7 Å². The van der Waals surface area contributed by atoms with Crippen molar-refractivity contribution in [3.05, 3.63) is 34.7 Å². The molecule has 5 heteroatoms. The molecule has 0 aliphatic rings. The van der Waals surface area contributed by atoms with E-state index in [9.17, 15) is 0 Å². The van der Waals surface area contributed by atoms with Gasteiger partial charge in [0.1, 0.15) is 5.76 Å². The van der Waals surface area contributed by atoms with Crippen LogP contribution in [0.15, 0.2) is 22.1 Å². The Morgan fingerprint density at radius 2 is 2.15 bits per heavy atom. The fraction of sp³-hybridized carbons (Fsp3) is 0.533. The molecule has 0 radical (unpaired) electrons. The number of anilines is 1. The Morgan fingerprint density at radius 3 is 2.75 bits per heavy atom. The molecule has 0 atom stereocenters. The first-order valence-electron chi connectivity index (χ1n) is 6.79. The standard InChI is InChI=1S/C15H23N3OS/c1-11-12(6-7-19-11)9-18(5)14-17-13(10-20-14)8-16-15(2,3)4/h6-7,10,16H,8-9H2,1-5H3. The van der Waals surface area contributed by atoms with Gasteiger partial charge in [0.25, 0.3) is 0 Å². The molecule has 2 heterocycles. The summed E-state index contributed by atoms with van der Waals surface area (Å²) in [6.45, 7) is 10.1. The summed E-state index contributed by atoms with van der Waals surface area (Å²) < 4.78 is 5.33. The molecule has 2 aromatic heterocycles. The van der Waals surface area contributed by atoms with Gasteiger partial charge in [0, 0.05) is 36.6 Å². The van der Waals surface area contributed by atoms with Crippen LogP contribution in [-0.4, -0.2) is 17.6 Å². The molecule has 4 nitrogen and oxygen atoms in total. The molecule has 1 N–H and O–H groups in total. The average molecular weight is 293 g/mol. The quantitative estimate of drug-likeness (QED) is 0.915. The van der Waals surface area contributed by atoms with Crippen LogP contribution in [0.4, 0.5) is 5.13 Å². The van der Waals surface area contributed by atoms with Crippen molar-refractivity contribution in [1.82, 2.24) is 10.3 Å². The number of hydrogen-bond acceptors (Lipinski definition) is 5. The Morgan fingerprint density at radius 1 is 1.40 bits per heavy atom. The smallest absolute Gasteiger partial charge is 0.185 e. The van der Waals surface area contributed by atoms with Gasteiger partial charge in [-0.15, -0.1) is 11.3 Å². The zero-order valence-corrected chi connectivity index (χ0v) is 13.7. The molecule has 0 saturated carbocycles. The number of furan rings is 1. The molecule has 2 rings (SSSR count). The Hall–Kier alpha value is -1.33. The van der Waals surface area contributed by atoms with Crippen LogP contribution in [0.1, 0.15) is 37.8 Å². The highest BCUT2D eigenvalue weighted by Crippen LogP contribution is 2.22. The Bertz CT molecular complexity index is 553. The predicted octanol–water partition coefficient (Wildman–Crippen LogP) is 3.57. The third-order valence-electron chi connectivity index (χ3n) is 3.04. The van der Waals surface area contributed by atoms with Crippen LogP contribution in [0.3, 0.4) is 0 Å². The first-order valence-corrected chi connectivity index (χ1v) is 7.66. The molecule has 0 aromatic carbocycles. The summed E-state index contributed by atoms with van der Waals surface area (Å²) in [5.74, 6) is 0.975. The Kier molecular flexibility index (Phi) is 4.50. The number of hydrogen-bond donors (Lipinski definition) is 1. The lowest BCUT2D eigenvalue weighted by Gasteiger charge is -2.19. The second kappa shape index (κ2) is 5.97. The van der Waals surface area contributed by atoms with Crippen LogP contribution in [0.5, 0.6) is 0 Å². The molecular formula is C15H23N3OS. The molecule has 0 saturated heterocycles. The minimum atomic E-state index is 0.115. The third kappa shape index (κ3) is 4.08. The van der Waals surface area contributed by atoms with Gasteiger partial charge in [-0.1, -0.05) is 0 Å². The van der Waals surface area contributed by atoms with Crippen molar-refractivity contribution in [2.45, 2.75) is 46.3 Å². The number of nitrogens with zero attached hydrogens (tertiary/aromatic N) is 2. The van der Waals surface area contributed by atoms with Crippen LogP contribution in [0.2, 0.25) is 0 Å². The number of rotatable bonds is 5. The topological polar surface area (TPSA) is 41.3 Å². The molecular weight excluding hydrogens is 270 g/mol. The number of aryl methyl sites for hydroxylation is 1. The van der Waals surface area contributed by atoms with Gasteiger partial charge in [-0.2, -0.15) is 0 Å². The van der Waals surface area contributed by atoms with Crippen molar-refractivity contribution in [3.8, 4) is 0 Å². The van der Waals surface area contributed by atoms with E-state index >= 15 is 0 Å². The number of aromatic nitrogens is 1. The summed E-state index contributed by atoms with van der Waals surface area (Å²) in [4.78, 5) is 6.83. The van der Waals surface area contributed by atoms with Crippen molar-refractivity contribution in [3.63, 3.8) is 0 Å². The van der Waals surface area contributed by atoms with E-state index in [1.54, 1.807) is 17.6 Å². The van der Waals surface area contributed by atoms with E-state index in [1.807, 2.05) is 13.0 Å². The third-order valence-corrected chi connectivity index (χ3v) is 4.04. The van der Waals surface area contributed by atoms with Crippen molar-refractivity contribution < 1.29 is 4.42 Å². The molecule has 0 unspecified atom stereocenters. The number of thiazole rings is 1. The van der Waals surface area contributed by atoms with Crippen LogP contribution in [-0.2, 0) is 13.1 Å². The molecule has 0 fully saturated rings. The van der Waals surface area contributed by atoms with E-state index in [1.165, 1.54) is 5.56 Å². The first-order chi connectivity index (χ1) is 9.35. The van der Waals surface area contributed by atoms with Gasteiger partial charge in [-0.05, 0) is 33.8 Å². The number of nitrogens with one attached hydrogen (secondary N) is 1. The Balaban J connectivity index is 1.96. The molecule has 0 amide bonds. The normalized spacial score (nSPS) is 11.8. The van der Waals surface area contributed by atoms with E-state index in [2.05, 4.69) is 48.4 Å². The van der Waals surface area contributed by atoms with Crippen LogP contribution in [0.25, 0.3) is 0 Å². The van der Waals surface area contributed by atoms with Gasteiger partial charge >= 0.3 is 0 Å². The minimum Gasteiger partial charge on any atom is -0.469 e. The fourth-order valence-corrected chi connectivity index (χ4v) is 2.60. The monoisotopic (exact) mass is 293 g/mol. The molecule has 110 valence electrons. The van der Waals surface area contributed by atoms with E-state index < -0.39 is 0 Å². The largest absolute Gasteiger partial charge is 0.469 e. The van der Waals surface area contributed by atoms with E-state index in [-0.39, 0.29) is 5.54 Å². The van der Waals surface area contributed by atoms with Gasteiger partial charge in [0.15, 0.2) is 5.13 Å². The van der Waals surface area contributed by atoms with Gasteiger partial charge in [-0.3, -0.25) is 0 Å². The lowest BCUT2D eigenvalue weighted by molar-refractivity contribution is 0.422. The summed E-state index contributed by atoms with van der Waals surface area (Å²) in [5, 5.41) is 6.61. The highest BCUT2D eigenvalue weighted by Gasteiger charge is 2.12. The Labute approximate surface area is 124 Å². The highest BCUT2D eigenvalue weighted by atomic mass is 32.1. The lowest BCUT2D eigenvalue weighted by atomic mass is 10.1. The maximum atomic E-state index is 5.33. The summed E-state index contributed by atoms with van der Waals surface area (Å²) in [7, 11) is 2.06. The molecule has 0 aliphatic heterocycles. The summed E-state index contributed by atoms with van der Waals surface area (Å²) >= 11 is 1.68. The molecule has 0 aliphatic carbocycles. The molecule has 20 heavy (non-hydrogen) atoms. The zero-order chi connectivity index (χ0) is 14.8. The summed E-state index contributed by atoms with van der Waals surface area (Å²) in [5.41, 5.74) is 2.41. The summed E-state index contributed by atoms with van der Waals surface area (Å²) in [6.07, 6.45) is 1.74. The predicted molar refractivity (Wildman–Crippen MR) is 84.3 cm³/mol. The summed E-state index contributed by atoms with van der Waals surface area (Å²) in [6, 6.07) is 2.02. The van der Waals surface area contributed by atoms with Crippen LogP contribution < -0.4 is 10.2 Å². The average Bonchev–Trinajstić information content (AvgIpc) is 2.96. The second-order valence-electron chi connectivity index (χ2n) is 6.08. The van der Waals surface area contributed by atoms with E-state index in [0.29, 0.717) is 0 Å². The molecule has 2 aromatic rings. The zero-order valence-electron chi connectivity index (χ0n) is 12.9. The van der Waals surface area contributed by atoms with Gasteiger partial charge < -0.3 is 14.6 Å². The molecule has 0 bridgehead atoms. The maximum Gasteiger partial charge on any atom is 0.185 e. The highest BCUT2D eigenvalue weighted by molar-refractivity contribution is 7.13. The maximum absolute atomic E-state index is 5.33. The van der Waals surface area contributed by atoms with Gasteiger partial charge in [-0.25, -0.2) is 4.98 Å². The van der Waals surface area contributed by atoms with Crippen molar-refractivity contribution in [2.24, 2.45) is 0 Å².